The van der Waals surface area contributed by atoms with Gasteiger partial charge in [-0.05, 0) is 38.1 Å². The maximum atomic E-state index is 12.0. The molecular formula is C12H22N2O. The zero-order valence-corrected chi connectivity index (χ0v) is 9.67. The van der Waals surface area contributed by atoms with Crippen molar-refractivity contribution < 1.29 is 4.79 Å². The van der Waals surface area contributed by atoms with E-state index in [4.69, 9.17) is 0 Å². The second kappa shape index (κ2) is 4.97. The number of amides is 1. The van der Waals surface area contributed by atoms with E-state index in [9.17, 15) is 4.79 Å². The Labute approximate surface area is 92.2 Å². The van der Waals surface area contributed by atoms with Crippen molar-refractivity contribution in [2.75, 3.05) is 20.1 Å². The summed E-state index contributed by atoms with van der Waals surface area (Å²) in [5, 5.41) is 3.32. The summed E-state index contributed by atoms with van der Waals surface area (Å²) in [6.45, 7) is 1.98. The summed E-state index contributed by atoms with van der Waals surface area (Å²) in [5.74, 6) is 1.09. The Kier molecular flexibility index (Phi) is 3.62. The minimum atomic E-state index is 0.101. The van der Waals surface area contributed by atoms with Crippen LogP contribution in [0.4, 0.5) is 0 Å². The normalized spacial score (nSPS) is 27.1. The Morgan fingerprint density at radius 2 is 2.07 bits per heavy atom. The highest BCUT2D eigenvalue weighted by atomic mass is 16.2. The van der Waals surface area contributed by atoms with Crippen molar-refractivity contribution >= 4 is 5.91 Å². The fourth-order valence-electron chi connectivity index (χ4n) is 2.48. The number of piperidine rings is 1. The zero-order chi connectivity index (χ0) is 10.7. The third-order valence-corrected chi connectivity index (χ3v) is 3.74. The molecule has 1 atom stereocenters. The van der Waals surface area contributed by atoms with Crippen LogP contribution < -0.4 is 5.32 Å². The van der Waals surface area contributed by atoms with Crippen molar-refractivity contribution in [3.05, 3.63) is 0 Å². The highest BCUT2D eigenvalue weighted by Gasteiger charge is 2.26. The summed E-state index contributed by atoms with van der Waals surface area (Å²) in [5.41, 5.74) is 0. The average molecular weight is 210 g/mol. The third kappa shape index (κ3) is 2.71. The van der Waals surface area contributed by atoms with Gasteiger partial charge in [-0.25, -0.2) is 0 Å². The molecule has 0 radical (unpaired) electrons. The molecule has 2 aliphatic rings. The molecule has 0 bridgehead atoms. The second-order valence-electron chi connectivity index (χ2n) is 5.02. The first-order chi connectivity index (χ1) is 7.27. The van der Waals surface area contributed by atoms with E-state index in [0.717, 1.165) is 25.4 Å². The molecule has 3 heteroatoms. The molecule has 86 valence electrons. The number of carbonyl (C=O) groups is 1. The topological polar surface area (TPSA) is 32.3 Å². The van der Waals surface area contributed by atoms with Gasteiger partial charge in [-0.1, -0.05) is 12.8 Å². The first-order valence-electron chi connectivity index (χ1n) is 6.26. The van der Waals surface area contributed by atoms with Gasteiger partial charge in [0.25, 0.3) is 0 Å². The van der Waals surface area contributed by atoms with Crippen LogP contribution in [0.5, 0.6) is 0 Å². The van der Waals surface area contributed by atoms with Crippen molar-refractivity contribution in [1.82, 2.24) is 10.2 Å². The van der Waals surface area contributed by atoms with Gasteiger partial charge in [0.15, 0.2) is 0 Å². The summed E-state index contributed by atoms with van der Waals surface area (Å²) in [4.78, 5) is 14.0. The van der Waals surface area contributed by atoms with Crippen LogP contribution in [-0.2, 0) is 4.79 Å². The van der Waals surface area contributed by atoms with Crippen LogP contribution in [0.3, 0.4) is 0 Å². The summed E-state index contributed by atoms with van der Waals surface area (Å²) < 4.78 is 0. The van der Waals surface area contributed by atoms with E-state index in [-0.39, 0.29) is 6.04 Å². The van der Waals surface area contributed by atoms with Crippen molar-refractivity contribution in [2.45, 2.75) is 44.6 Å². The predicted molar refractivity (Wildman–Crippen MR) is 60.6 cm³/mol. The lowest BCUT2D eigenvalue weighted by atomic mass is 9.85. The summed E-state index contributed by atoms with van der Waals surface area (Å²) in [6, 6.07) is 0.101. The van der Waals surface area contributed by atoms with Crippen LogP contribution in [-0.4, -0.2) is 37.0 Å². The molecular weight excluding hydrogens is 188 g/mol. The molecule has 0 unspecified atom stereocenters. The van der Waals surface area contributed by atoms with Gasteiger partial charge in [0.2, 0.25) is 5.91 Å². The van der Waals surface area contributed by atoms with E-state index in [2.05, 4.69) is 5.32 Å². The van der Waals surface area contributed by atoms with Gasteiger partial charge in [-0.3, -0.25) is 4.79 Å². The summed E-state index contributed by atoms with van der Waals surface area (Å²) in [6.07, 6.45) is 7.42. The Bertz CT molecular complexity index is 220. The van der Waals surface area contributed by atoms with E-state index in [1.165, 1.54) is 32.1 Å². The number of carbonyl (C=O) groups excluding carboxylic acids is 1. The van der Waals surface area contributed by atoms with Gasteiger partial charge in [0.1, 0.15) is 0 Å². The van der Waals surface area contributed by atoms with E-state index >= 15 is 0 Å². The molecule has 2 fully saturated rings. The first-order valence-corrected chi connectivity index (χ1v) is 6.26. The number of nitrogens with one attached hydrogen (secondary N) is 1. The monoisotopic (exact) mass is 210 g/mol. The number of nitrogens with zero attached hydrogens (tertiary/aromatic N) is 1. The largest absolute Gasteiger partial charge is 0.344 e. The molecule has 1 aliphatic heterocycles. The fraction of sp³-hybridized carbons (Fsp3) is 0.917. The Hall–Kier alpha value is -0.570. The van der Waals surface area contributed by atoms with Crippen LogP contribution in [0, 0.1) is 5.92 Å². The van der Waals surface area contributed by atoms with Crippen molar-refractivity contribution in [2.24, 2.45) is 5.92 Å². The van der Waals surface area contributed by atoms with Crippen molar-refractivity contribution in [3.63, 3.8) is 0 Å². The number of likely N-dealkylation sites (N-methyl/N-ethyl adjacent to an activating group) is 1. The van der Waals surface area contributed by atoms with E-state index in [0.29, 0.717) is 5.91 Å². The van der Waals surface area contributed by atoms with Gasteiger partial charge in [-0.15, -0.1) is 0 Å². The molecule has 1 saturated carbocycles. The molecule has 2 rings (SSSR count). The minimum absolute atomic E-state index is 0.101. The molecule has 3 nitrogen and oxygen atoms in total. The fourth-order valence-corrected chi connectivity index (χ4v) is 2.48. The first kappa shape index (κ1) is 10.9. The molecule has 0 spiro atoms. The molecule has 1 aliphatic carbocycles. The van der Waals surface area contributed by atoms with E-state index < -0.39 is 0 Å². The van der Waals surface area contributed by atoms with Crippen LogP contribution in [0.15, 0.2) is 0 Å². The van der Waals surface area contributed by atoms with Crippen molar-refractivity contribution in [1.29, 1.82) is 0 Å². The summed E-state index contributed by atoms with van der Waals surface area (Å²) >= 11 is 0. The highest BCUT2D eigenvalue weighted by molar-refractivity contribution is 5.81. The standard InChI is InChI=1S/C12H22N2O/c1-14(9-10-5-4-6-10)12(15)11-7-2-3-8-13-11/h10-11,13H,2-9H2,1H3/t11-/m1/s1. The Morgan fingerprint density at radius 1 is 1.27 bits per heavy atom. The Balaban J connectivity index is 1.77. The SMILES string of the molecule is CN(CC1CCC1)C(=O)[C@H]1CCCCN1. The molecule has 1 N–H and O–H groups in total. The van der Waals surface area contributed by atoms with Crippen LogP contribution in [0.25, 0.3) is 0 Å². The quantitative estimate of drug-likeness (QED) is 0.763. The molecule has 0 aromatic heterocycles. The van der Waals surface area contributed by atoms with Crippen LogP contribution in [0.1, 0.15) is 38.5 Å². The molecule has 1 saturated heterocycles. The minimum Gasteiger partial charge on any atom is -0.344 e. The van der Waals surface area contributed by atoms with Gasteiger partial charge in [0, 0.05) is 13.6 Å². The molecule has 1 heterocycles. The molecule has 15 heavy (non-hydrogen) atoms. The lowest BCUT2D eigenvalue weighted by molar-refractivity contribution is -0.133. The van der Waals surface area contributed by atoms with Gasteiger partial charge in [-0.2, -0.15) is 0 Å². The zero-order valence-electron chi connectivity index (χ0n) is 9.67. The van der Waals surface area contributed by atoms with E-state index in [1.54, 1.807) is 0 Å². The second-order valence-corrected chi connectivity index (χ2v) is 5.02. The highest BCUT2D eigenvalue weighted by Crippen LogP contribution is 2.27. The van der Waals surface area contributed by atoms with Crippen LogP contribution >= 0.6 is 0 Å². The van der Waals surface area contributed by atoms with Crippen molar-refractivity contribution in [3.8, 4) is 0 Å². The third-order valence-electron chi connectivity index (χ3n) is 3.74. The molecule has 1 amide bonds. The summed E-state index contributed by atoms with van der Waals surface area (Å²) in [7, 11) is 1.96. The molecule has 0 aromatic rings. The number of rotatable bonds is 3. The lowest BCUT2D eigenvalue weighted by Crippen LogP contribution is -2.48. The van der Waals surface area contributed by atoms with Gasteiger partial charge < -0.3 is 10.2 Å². The Morgan fingerprint density at radius 3 is 2.60 bits per heavy atom. The van der Waals surface area contributed by atoms with Gasteiger partial charge in [0.05, 0.1) is 6.04 Å². The molecule has 0 aromatic carbocycles. The predicted octanol–water partition coefficient (Wildman–Crippen LogP) is 1.39. The van der Waals surface area contributed by atoms with E-state index in [1.807, 2.05) is 11.9 Å². The smallest absolute Gasteiger partial charge is 0.239 e. The maximum Gasteiger partial charge on any atom is 0.239 e. The number of hydrogen-bond acceptors (Lipinski definition) is 2. The maximum absolute atomic E-state index is 12.0. The van der Waals surface area contributed by atoms with Gasteiger partial charge >= 0.3 is 0 Å². The average Bonchev–Trinajstić information content (AvgIpc) is 2.23. The lowest BCUT2D eigenvalue weighted by Gasteiger charge is -2.33. The van der Waals surface area contributed by atoms with Crippen LogP contribution in [0.2, 0.25) is 0 Å². The number of hydrogen-bond donors (Lipinski definition) is 1.